The third-order valence-corrected chi connectivity index (χ3v) is 11.3. The molecule has 0 aliphatic heterocycles. The molecule has 0 fully saturated rings. The van der Waals surface area contributed by atoms with E-state index in [0.717, 1.165) is 75.5 Å². The summed E-state index contributed by atoms with van der Waals surface area (Å²) in [5.74, 6) is 1.61. The second kappa shape index (κ2) is 40.6. The van der Waals surface area contributed by atoms with Gasteiger partial charge in [-0.1, -0.05) is 221 Å². The maximum absolute atomic E-state index is 12.7. The monoisotopic (exact) mass is 779 g/mol. The molecule has 0 rings (SSSR count). The Morgan fingerprint density at radius 1 is 0.364 bits per heavy atom. The number of carbonyl (C=O) groups excluding carboxylic acids is 3. The molecular weight excluding hydrogens is 685 g/mol. The molecule has 0 bridgehead atoms. The van der Waals surface area contributed by atoms with E-state index in [0.29, 0.717) is 19.3 Å². The lowest BCUT2D eigenvalue weighted by atomic mass is 9.99. The van der Waals surface area contributed by atoms with Gasteiger partial charge in [-0.05, 0) is 37.0 Å². The Hall–Kier alpha value is -1.59. The van der Waals surface area contributed by atoms with Crippen LogP contribution in [-0.2, 0) is 28.6 Å². The zero-order chi connectivity index (χ0) is 40.6. The van der Waals surface area contributed by atoms with E-state index in [-0.39, 0.29) is 31.1 Å². The first-order chi connectivity index (χ1) is 26.6. The molecule has 326 valence electrons. The van der Waals surface area contributed by atoms with Crippen LogP contribution in [0, 0.1) is 17.8 Å². The average Bonchev–Trinajstić information content (AvgIpc) is 3.15. The highest BCUT2D eigenvalue weighted by Gasteiger charge is 2.19. The first-order valence-corrected chi connectivity index (χ1v) is 24.1. The number of hydrogen-bond donors (Lipinski definition) is 0. The fourth-order valence-corrected chi connectivity index (χ4v) is 7.20. The molecule has 0 N–H and O–H groups in total. The fourth-order valence-electron chi connectivity index (χ4n) is 7.20. The van der Waals surface area contributed by atoms with Crippen LogP contribution in [0.5, 0.6) is 0 Å². The van der Waals surface area contributed by atoms with Gasteiger partial charge in [0.2, 0.25) is 0 Å². The Kier molecular flexibility index (Phi) is 39.4. The summed E-state index contributed by atoms with van der Waals surface area (Å²) in [7, 11) is 0. The molecule has 6 nitrogen and oxygen atoms in total. The lowest BCUT2D eigenvalue weighted by Crippen LogP contribution is -2.30. The quantitative estimate of drug-likeness (QED) is 0.0349. The summed E-state index contributed by atoms with van der Waals surface area (Å²) >= 11 is 0. The van der Waals surface area contributed by atoms with Crippen molar-refractivity contribution >= 4 is 17.9 Å². The molecule has 0 aromatic carbocycles. The fraction of sp³-hybridized carbons (Fsp3) is 0.939. The standard InChI is InChI=1S/C49H94O6/c1-7-45(6)37-31-25-19-12-8-9-13-20-26-32-38-47(50)53-41-46(42-54-48(51)39-33-27-21-16-15-18-24-30-36-44(4)5)55-49(52)40-34-28-22-14-10-11-17-23-29-35-43(2)3/h43-46H,7-42H2,1-6H3/t45?,46-/m1/s1. The van der Waals surface area contributed by atoms with Crippen molar-refractivity contribution in [1.29, 1.82) is 0 Å². The van der Waals surface area contributed by atoms with Gasteiger partial charge in [0.1, 0.15) is 13.2 Å². The predicted molar refractivity (Wildman–Crippen MR) is 233 cm³/mol. The van der Waals surface area contributed by atoms with Crippen molar-refractivity contribution < 1.29 is 28.6 Å². The number of esters is 3. The highest BCUT2D eigenvalue weighted by molar-refractivity contribution is 5.71. The Bertz CT molecular complexity index is 854. The van der Waals surface area contributed by atoms with Gasteiger partial charge in [0.15, 0.2) is 6.10 Å². The van der Waals surface area contributed by atoms with Crippen LogP contribution in [0.2, 0.25) is 0 Å². The molecule has 0 amide bonds. The van der Waals surface area contributed by atoms with Crippen molar-refractivity contribution in [2.75, 3.05) is 13.2 Å². The smallest absolute Gasteiger partial charge is 0.306 e. The minimum atomic E-state index is -0.762. The van der Waals surface area contributed by atoms with E-state index < -0.39 is 6.10 Å². The Labute approximate surface area is 342 Å². The average molecular weight is 779 g/mol. The maximum Gasteiger partial charge on any atom is 0.306 e. The molecule has 1 unspecified atom stereocenters. The van der Waals surface area contributed by atoms with Gasteiger partial charge in [0.25, 0.3) is 0 Å². The van der Waals surface area contributed by atoms with Crippen LogP contribution in [0.25, 0.3) is 0 Å². The van der Waals surface area contributed by atoms with Crippen LogP contribution >= 0.6 is 0 Å². The van der Waals surface area contributed by atoms with Crippen LogP contribution in [0.1, 0.15) is 260 Å². The van der Waals surface area contributed by atoms with Crippen molar-refractivity contribution in [1.82, 2.24) is 0 Å². The van der Waals surface area contributed by atoms with Gasteiger partial charge in [0.05, 0.1) is 0 Å². The van der Waals surface area contributed by atoms with Crippen LogP contribution in [0.15, 0.2) is 0 Å². The molecule has 0 radical (unpaired) electrons. The predicted octanol–water partition coefficient (Wildman–Crippen LogP) is 15.2. The number of carbonyl (C=O) groups is 3. The van der Waals surface area contributed by atoms with Crippen molar-refractivity contribution in [2.45, 2.75) is 266 Å². The minimum absolute atomic E-state index is 0.0659. The van der Waals surface area contributed by atoms with Crippen molar-refractivity contribution in [3.63, 3.8) is 0 Å². The minimum Gasteiger partial charge on any atom is -0.462 e. The Morgan fingerprint density at radius 3 is 0.945 bits per heavy atom. The van der Waals surface area contributed by atoms with Crippen LogP contribution in [-0.4, -0.2) is 37.2 Å². The summed E-state index contributed by atoms with van der Waals surface area (Å²) in [6, 6.07) is 0. The Morgan fingerprint density at radius 2 is 0.636 bits per heavy atom. The van der Waals surface area contributed by atoms with Gasteiger partial charge in [-0.25, -0.2) is 0 Å². The van der Waals surface area contributed by atoms with Gasteiger partial charge < -0.3 is 14.2 Å². The second-order valence-electron chi connectivity index (χ2n) is 17.9. The molecule has 0 aliphatic rings. The lowest BCUT2D eigenvalue weighted by Gasteiger charge is -2.18. The Balaban J connectivity index is 4.34. The summed E-state index contributed by atoms with van der Waals surface area (Å²) < 4.78 is 16.8. The number of rotatable bonds is 42. The normalized spacial score (nSPS) is 12.7. The summed E-state index contributed by atoms with van der Waals surface area (Å²) in [5.41, 5.74) is 0. The van der Waals surface area contributed by atoms with E-state index >= 15 is 0 Å². The van der Waals surface area contributed by atoms with E-state index in [9.17, 15) is 14.4 Å². The molecule has 2 atom stereocenters. The summed E-state index contributed by atoms with van der Waals surface area (Å²) in [5, 5.41) is 0. The van der Waals surface area contributed by atoms with Gasteiger partial charge in [-0.3, -0.25) is 14.4 Å². The van der Waals surface area contributed by atoms with E-state index in [2.05, 4.69) is 41.5 Å². The van der Waals surface area contributed by atoms with Crippen molar-refractivity contribution in [3.05, 3.63) is 0 Å². The molecule has 0 aromatic heterocycles. The molecule has 0 aromatic rings. The van der Waals surface area contributed by atoms with E-state index in [4.69, 9.17) is 14.2 Å². The van der Waals surface area contributed by atoms with Crippen molar-refractivity contribution in [2.24, 2.45) is 17.8 Å². The largest absolute Gasteiger partial charge is 0.462 e. The highest BCUT2D eigenvalue weighted by atomic mass is 16.6. The van der Waals surface area contributed by atoms with Gasteiger partial charge in [-0.15, -0.1) is 0 Å². The zero-order valence-corrected chi connectivity index (χ0v) is 37.7. The molecule has 0 saturated carbocycles. The van der Waals surface area contributed by atoms with Gasteiger partial charge in [-0.2, -0.15) is 0 Å². The SMILES string of the molecule is CCC(C)CCCCCCCCCCCCC(=O)OC[C@H](COC(=O)CCCCCCCCCCC(C)C)OC(=O)CCCCCCCCCCCC(C)C. The molecule has 0 saturated heterocycles. The maximum atomic E-state index is 12.7. The van der Waals surface area contributed by atoms with E-state index in [1.165, 1.54) is 141 Å². The first kappa shape index (κ1) is 53.4. The van der Waals surface area contributed by atoms with E-state index in [1.54, 1.807) is 0 Å². The third kappa shape index (κ3) is 41.9. The molecule has 6 heteroatoms. The first-order valence-electron chi connectivity index (χ1n) is 24.1. The van der Waals surface area contributed by atoms with Gasteiger partial charge in [0, 0.05) is 19.3 Å². The molecule has 0 aliphatic carbocycles. The van der Waals surface area contributed by atoms with Crippen molar-refractivity contribution in [3.8, 4) is 0 Å². The zero-order valence-electron chi connectivity index (χ0n) is 37.7. The molecular formula is C49H94O6. The highest BCUT2D eigenvalue weighted by Crippen LogP contribution is 2.17. The number of unbranched alkanes of at least 4 members (excludes halogenated alkanes) is 24. The third-order valence-electron chi connectivity index (χ3n) is 11.3. The second-order valence-corrected chi connectivity index (χ2v) is 17.9. The number of hydrogen-bond acceptors (Lipinski definition) is 6. The van der Waals surface area contributed by atoms with Gasteiger partial charge >= 0.3 is 17.9 Å². The summed E-state index contributed by atoms with van der Waals surface area (Å²) in [6.07, 6.45) is 38.0. The lowest BCUT2D eigenvalue weighted by molar-refractivity contribution is -0.167. The molecule has 0 heterocycles. The summed E-state index contributed by atoms with van der Waals surface area (Å²) in [6.45, 7) is 13.7. The van der Waals surface area contributed by atoms with Crippen LogP contribution in [0.4, 0.5) is 0 Å². The summed E-state index contributed by atoms with van der Waals surface area (Å²) in [4.78, 5) is 37.8. The molecule has 55 heavy (non-hydrogen) atoms. The topological polar surface area (TPSA) is 78.9 Å². The van der Waals surface area contributed by atoms with E-state index in [1.807, 2.05) is 0 Å². The number of ether oxygens (including phenoxy) is 3. The van der Waals surface area contributed by atoms with Crippen LogP contribution < -0.4 is 0 Å². The van der Waals surface area contributed by atoms with Crippen LogP contribution in [0.3, 0.4) is 0 Å². The molecule has 0 spiro atoms.